The van der Waals surface area contributed by atoms with Crippen molar-refractivity contribution >= 4 is 27.7 Å². The van der Waals surface area contributed by atoms with Gasteiger partial charge in [0.05, 0.1) is 16.7 Å². The van der Waals surface area contributed by atoms with Crippen LogP contribution < -0.4 is 4.74 Å². The minimum Gasteiger partial charge on any atom is -0.467 e. The van der Waals surface area contributed by atoms with Crippen LogP contribution in [0.2, 0.25) is 0 Å². The van der Waals surface area contributed by atoms with E-state index in [9.17, 15) is 0 Å². The van der Waals surface area contributed by atoms with Crippen LogP contribution in [0.3, 0.4) is 0 Å². The third-order valence-electron chi connectivity index (χ3n) is 12.4. The zero-order valence-corrected chi connectivity index (χ0v) is 33.1. The van der Waals surface area contributed by atoms with E-state index in [1.807, 2.05) is 36.7 Å². The van der Waals surface area contributed by atoms with Gasteiger partial charge in [-0.1, -0.05) is 69.2 Å². The highest BCUT2D eigenvalue weighted by Gasteiger charge is 2.53. The predicted octanol–water partition coefficient (Wildman–Crippen LogP) is 11.9. The van der Waals surface area contributed by atoms with Gasteiger partial charge in [0, 0.05) is 51.3 Å². The first-order chi connectivity index (χ1) is 26.2. The Morgan fingerprint density at radius 2 is 1.51 bits per heavy atom. The summed E-state index contributed by atoms with van der Waals surface area (Å²) in [5, 5.41) is 2.44. The minimum absolute atomic E-state index is 0.0465. The Hall–Kier alpha value is -5.75. The van der Waals surface area contributed by atoms with Crippen LogP contribution in [0.25, 0.3) is 38.9 Å². The maximum atomic E-state index is 6.97. The van der Waals surface area contributed by atoms with Crippen LogP contribution in [0.1, 0.15) is 97.2 Å². The maximum absolute atomic E-state index is 6.97. The Bertz CT molecular complexity index is 2810. The van der Waals surface area contributed by atoms with Crippen molar-refractivity contribution in [2.24, 2.45) is 4.99 Å². The summed E-state index contributed by atoms with van der Waals surface area (Å²) in [5.41, 5.74) is 14.3. The van der Waals surface area contributed by atoms with Gasteiger partial charge in [0.25, 0.3) is 0 Å². The van der Waals surface area contributed by atoms with Crippen molar-refractivity contribution in [3.63, 3.8) is 0 Å². The first kappa shape index (κ1) is 33.8. The summed E-state index contributed by atoms with van der Waals surface area (Å²) in [6.07, 6.45) is 4.44. The van der Waals surface area contributed by atoms with Gasteiger partial charge in [0.2, 0.25) is 5.90 Å². The van der Waals surface area contributed by atoms with Crippen LogP contribution in [-0.4, -0.2) is 26.0 Å². The zero-order chi connectivity index (χ0) is 38.2. The molecule has 3 aromatic heterocycles. The van der Waals surface area contributed by atoms with Gasteiger partial charge < -0.3 is 9.47 Å². The summed E-state index contributed by atoms with van der Waals surface area (Å²) in [4.78, 5) is 15.1. The van der Waals surface area contributed by atoms with Crippen LogP contribution in [0.5, 0.6) is 11.5 Å². The molecule has 4 aromatic carbocycles. The second-order valence-corrected chi connectivity index (χ2v) is 17.6. The fourth-order valence-electron chi connectivity index (χ4n) is 10.4. The zero-order valence-electron chi connectivity index (χ0n) is 33.1. The average Bonchev–Trinajstić information content (AvgIpc) is 3.64. The number of fused-ring (bicyclic) bond motifs is 8. The number of aromatic nitrogens is 3. The molecule has 0 saturated heterocycles. The lowest BCUT2D eigenvalue weighted by atomic mass is 9.63. The Kier molecular flexibility index (Phi) is 7.00. The molecule has 0 saturated carbocycles. The molecule has 0 unspecified atom stereocenters. The molecule has 274 valence electrons. The number of hydrogen-bond donors (Lipinski definition) is 0. The van der Waals surface area contributed by atoms with Crippen molar-refractivity contribution in [3.8, 4) is 28.6 Å². The Labute approximate surface area is 322 Å². The van der Waals surface area contributed by atoms with Crippen molar-refractivity contribution in [3.05, 3.63) is 147 Å². The summed E-state index contributed by atoms with van der Waals surface area (Å²) in [5.74, 6) is 3.10. The summed E-state index contributed by atoms with van der Waals surface area (Å²) >= 11 is 0. The Morgan fingerprint density at radius 1 is 0.727 bits per heavy atom. The molecule has 2 aliphatic heterocycles. The van der Waals surface area contributed by atoms with Crippen LogP contribution in [0.4, 0.5) is 0 Å². The van der Waals surface area contributed by atoms with Crippen molar-refractivity contribution in [1.82, 2.24) is 14.5 Å². The second-order valence-electron chi connectivity index (χ2n) is 17.6. The third-order valence-corrected chi connectivity index (χ3v) is 12.4. The molecular weight excluding hydrogens is 677 g/mol. The molecule has 5 heterocycles. The van der Waals surface area contributed by atoms with E-state index in [4.69, 9.17) is 24.4 Å². The Morgan fingerprint density at radius 3 is 2.31 bits per heavy atom. The monoisotopic (exact) mass is 722 g/mol. The number of nitrogens with zero attached hydrogens (tertiary/aromatic N) is 4. The fourth-order valence-corrected chi connectivity index (χ4v) is 10.4. The minimum atomic E-state index is -0.412. The number of aliphatic imine (C=N–C) groups is 1. The smallest absolute Gasteiger partial charge is 0.217 e. The number of pyridine rings is 2. The van der Waals surface area contributed by atoms with E-state index in [0.717, 1.165) is 45.9 Å². The molecule has 6 nitrogen and oxygen atoms in total. The van der Waals surface area contributed by atoms with Crippen LogP contribution in [-0.2, 0) is 15.6 Å². The predicted molar refractivity (Wildman–Crippen MR) is 222 cm³/mol. The van der Waals surface area contributed by atoms with Crippen LogP contribution in [0.15, 0.2) is 102 Å². The molecule has 0 N–H and O–H groups in total. The quantitative estimate of drug-likeness (QED) is 0.181. The summed E-state index contributed by atoms with van der Waals surface area (Å²) in [6.45, 7) is 20.3. The standard InChI is InChI=1S/C49H46N4O2/c1-27-17-30(4)42-36(19-27)44-49(9,26-47(42,5)6)52-46(55-44)32-22-31(39-14-10-11-15-50-39)23-33(24-32)54-41-25-40-34(21-29(41)3)35-18-28(2)20-38-43(35)53(40)45-37(48(38,7)8)13-12-16-51-45/h10-25,44H,26H2,1-9H3/t44-,49+/m0/s1. The molecule has 0 bridgehead atoms. The molecule has 2 atom stereocenters. The molecule has 10 rings (SSSR count). The fraction of sp³-hybridized carbons (Fsp3) is 0.286. The van der Waals surface area contributed by atoms with Gasteiger partial charge in [-0.2, -0.15) is 0 Å². The van der Waals surface area contributed by atoms with E-state index in [0.29, 0.717) is 11.6 Å². The van der Waals surface area contributed by atoms with Crippen molar-refractivity contribution in [2.45, 2.75) is 91.2 Å². The van der Waals surface area contributed by atoms with Gasteiger partial charge in [-0.15, -0.1) is 0 Å². The third kappa shape index (κ3) is 4.96. The van der Waals surface area contributed by atoms with E-state index in [-0.39, 0.29) is 16.9 Å². The largest absolute Gasteiger partial charge is 0.467 e. The molecule has 3 aliphatic rings. The molecule has 7 aromatic rings. The van der Waals surface area contributed by atoms with Gasteiger partial charge in [-0.25, -0.2) is 9.98 Å². The number of hydrogen-bond acceptors (Lipinski definition) is 5. The topological polar surface area (TPSA) is 61.5 Å². The molecule has 1 aliphatic carbocycles. The van der Waals surface area contributed by atoms with Crippen molar-refractivity contribution in [2.75, 3.05) is 0 Å². The summed E-state index contributed by atoms with van der Waals surface area (Å²) in [6, 6.07) is 30.3. The molecular formula is C49H46N4O2. The van der Waals surface area contributed by atoms with E-state index in [1.54, 1.807) is 0 Å². The lowest BCUT2D eigenvalue weighted by Crippen LogP contribution is -2.42. The summed E-state index contributed by atoms with van der Waals surface area (Å²) in [7, 11) is 0. The maximum Gasteiger partial charge on any atom is 0.217 e. The SMILES string of the molecule is Cc1cc(C)c2c(c1)[C@@H]1OC(c3cc(Oc4cc5c(cc4C)c4cc(C)cc6c4n5-c4ncccc4C6(C)C)cc(-c4ccccn4)c3)=N[C@]1(C)CC2(C)C. The highest BCUT2D eigenvalue weighted by Crippen LogP contribution is 2.55. The van der Waals surface area contributed by atoms with Gasteiger partial charge in [-0.05, 0) is 123 Å². The van der Waals surface area contributed by atoms with Crippen molar-refractivity contribution in [1.29, 1.82) is 0 Å². The van der Waals surface area contributed by atoms with E-state index in [2.05, 4.69) is 128 Å². The average molecular weight is 723 g/mol. The molecule has 6 heteroatoms. The summed E-state index contributed by atoms with van der Waals surface area (Å²) < 4.78 is 16.3. The van der Waals surface area contributed by atoms with Gasteiger partial charge in [-0.3, -0.25) is 9.55 Å². The molecule has 55 heavy (non-hydrogen) atoms. The van der Waals surface area contributed by atoms with Crippen molar-refractivity contribution < 1.29 is 9.47 Å². The second kappa shape index (κ2) is 11.4. The lowest BCUT2D eigenvalue weighted by Gasteiger charge is -2.44. The first-order valence-corrected chi connectivity index (χ1v) is 19.4. The molecule has 0 fully saturated rings. The van der Waals surface area contributed by atoms with E-state index in [1.165, 1.54) is 55.2 Å². The van der Waals surface area contributed by atoms with Gasteiger partial charge >= 0.3 is 0 Å². The number of benzene rings is 4. The van der Waals surface area contributed by atoms with Gasteiger partial charge in [0.15, 0.2) is 6.10 Å². The number of ether oxygens (including phenoxy) is 2. The lowest BCUT2D eigenvalue weighted by molar-refractivity contribution is 0.108. The van der Waals surface area contributed by atoms with Gasteiger partial charge in [0.1, 0.15) is 22.9 Å². The van der Waals surface area contributed by atoms with Crippen LogP contribution >= 0.6 is 0 Å². The highest BCUT2D eigenvalue weighted by molar-refractivity contribution is 6.12. The van der Waals surface area contributed by atoms with E-state index < -0.39 is 5.54 Å². The van der Waals surface area contributed by atoms with E-state index >= 15 is 0 Å². The molecule has 0 spiro atoms. The molecule has 0 radical (unpaired) electrons. The normalized spacial score (nSPS) is 20.1. The number of aryl methyl sites for hydroxylation is 4. The number of rotatable bonds is 4. The first-order valence-electron chi connectivity index (χ1n) is 19.4. The highest BCUT2D eigenvalue weighted by atomic mass is 16.5. The molecule has 0 amide bonds. The Balaban J connectivity index is 1.12. The van der Waals surface area contributed by atoms with Crippen LogP contribution in [0, 0.1) is 27.7 Å².